The number of piperidine rings is 1. The van der Waals surface area contributed by atoms with Gasteiger partial charge in [-0.1, -0.05) is 30.3 Å². The van der Waals surface area contributed by atoms with Gasteiger partial charge in [0.25, 0.3) is 0 Å². The van der Waals surface area contributed by atoms with Gasteiger partial charge >= 0.3 is 0 Å². The zero-order chi connectivity index (χ0) is 17.3. The molecule has 2 aliphatic heterocycles. The van der Waals surface area contributed by atoms with E-state index in [0.717, 1.165) is 12.2 Å². The lowest BCUT2D eigenvalue weighted by Gasteiger charge is -2.51. The zero-order valence-electron chi connectivity index (χ0n) is 14.5. The highest BCUT2D eigenvalue weighted by Gasteiger charge is 2.47. The minimum atomic E-state index is -0.904. The number of aliphatic hydroxyl groups is 1. The molecule has 1 aromatic carbocycles. The SMILES string of the molecule is COc1ccc(C2(O)CC3COCC(C2)N3Cc2ccccc2)nc1. The molecule has 2 unspecified atom stereocenters. The fourth-order valence-electron chi connectivity index (χ4n) is 4.08. The number of nitrogens with zero attached hydrogens (tertiary/aromatic N) is 2. The highest BCUT2D eigenvalue weighted by atomic mass is 16.5. The Labute approximate surface area is 148 Å². The van der Waals surface area contributed by atoms with E-state index in [-0.39, 0.29) is 12.1 Å². The monoisotopic (exact) mass is 340 g/mol. The average molecular weight is 340 g/mol. The molecule has 2 aliphatic rings. The summed E-state index contributed by atoms with van der Waals surface area (Å²) in [6, 6.07) is 14.6. The van der Waals surface area contributed by atoms with E-state index in [2.05, 4.69) is 34.1 Å². The van der Waals surface area contributed by atoms with Gasteiger partial charge in [0, 0.05) is 18.6 Å². The molecule has 4 rings (SSSR count). The van der Waals surface area contributed by atoms with Gasteiger partial charge in [-0.05, 0) is 30.5 Å². The summed E-state index contributed by atoms with van der Waals surface area (Å²) < 4.78 is 11.0. The summed E-state index contributed by atoms with van der Waals surface area (Å²) in [5.74, 6) is 0.706. The number of benzene rings is 1. The van der Waals surface area contributed by atoms with Crippen LogP contribution in [0.25, 0.3) is 0 Å². The van der Waals surface area contributed by atoms with Gasteiger partial charge in [-0.25, -0.2) is 0 Å². The number of hydrogen-bond donors (Lipinski definition) is 1. The van der Waals surface area contributed by atoms with Crippen LogP contribution >= 0.6 is 0 Å². The summed E-state index contributed by atoms with van der Waals surface area (Å²) in [5.41, 5.74) is 1.12. The molecule has 2 fully saturated rings. The number of fused-ring (bicyclic) bond motifs is 2. The maximum Gasteiger partial charge on any atom is 0.137 e. The predicted octanol–water partition coefficient (Wildman–Crippen LogP) is 2.34. The molecular formula is C20H24N2O3. The topological polar surface area (TPSA) is 54.8 Å². The van der Waals surface area contributed by atoms with Crippen LogP contribution in [0.15, 0.2) is 48.7 Å². The van der Waals surface area contributed by atoms with Crippen molar-refractivity contribution < 1.29 is 14.6 Å². The van der Waals surface area contributed by atoms with Crippen LogP contribution in [0.1, 0.15) is 24.1 Å². The van der Waals surface area contributed by atoms with Crippen molar-refractivity contribution in [1.82, 2.24) is 9.88 Å². The smallest absolute Gasteiger partial charge is 0.137 e. The maximum absolute atomic E-state index is 11.3. The molecule has 0 saturated carbocycles. The molecule has 132 valence electrons. The van der Waals surface area contributed by atoms with Gasteiger partial charge < -0.3 is 14.6 Å². The quantitative estimate of drug-likeness (QED) is 0.926. The molecule has 5 nitrogen and oxygen atoms in total. The second-order valence-electron chi connectivity index (χ2n) is 7.03. The largest absolute Gasteiger partial charge is 0.495 e. The van der Waals surface area contributed by atoms with Crippen molar-refractivity contribution in [3.05, 3.63) is 59.9 Å². The van der Waals surface area contributed by atoms with Crippen LogP contribution in [0.2, 0.25) is 0 Å². The van der Waals surface area contributed by atoms with Crippen LogP contribution in [0.4, 0.5) is 0 Å². The Kier molecular flexibility index (Phi) is 4.46. The van der Waals surface area contributed by atoms with Gasteiger partial charge in [-0.3, -0.25) is 9.88 Å². The van der Waals surface area contributed by atoms with Crippen LogP contribution in [-0.2, 0) is 16.9 Å². The average Bonchev–Trinajstić information content (AvgIpc) is 2.64. The van der Waals surface area contributed by atoms with Crippen LogP contribution in [0, 0.1) is 0 Å². The molecule has 2 aromatic rings. The van der Waals surface area contributed by atoms with Gasteiger partial charge in [0.15, 0.2) is 0 Å². The lowest BCUT2D eigenvalue weighted by atomic mass is 9.78. The zero-order valence-corrected chi connectivity index (χ0v) is 14.5. The van der Waals surface area contributed by atoms with E-state index < -0.39 is 5.60 Å². The molecule has 2 saturated heterocycles. The molecule has 5 heteroatoms. The van der Waals surface area contributed by atoms with E-state index in [1.807, 2.05) is 18.2 Å². The molecule has 1 N–H and O–H groups in total. The number of ether oxygens (including phenoxy) is 2. The van der Waals surface area contributed by atoms with E-state index in [0.29, 0.717) is 31.8 Å². The van der Waals surface area contributed by atoms with Crippen molar-refractivity contribution in [2.75, 3.05) is 20.3 Å². The lowest BCUT2D eigenvalue weighted by molar-refractivity contribution is -0.150. The highest BCUT2D eigenvalue weighted by molar-refractivity contribution is 5.25. The van der Waals surface area contributed by atoms with E-state index in [9.17, 15) is 5.11 Å². The third-order valence-corrected chi connectivity index (χ3v) is 5.36. The number of pyridine rings is 1. The number of rotatable bonds is 4. The third-order valence-electron chi connectivity index (χ3n) is 5.36. The van der Waals surface area contributed by atoms with Crippen LogP contribution in [0.5, 0.6) is 5.75 Å². The second-order valence-corrected chi connectivity index (χ2v) is 7.03. The number of methoxy groups -OCH3 is 1. The van der Waals surface area contributed by atoms with Crippen molar-refractivity contribution in [1.29, 1.82) is 0 Å². The summed E-state index contributed by atoms with van der Waals surface area (Å²) in [5, 5.41) is 11.3. The normalized spacial score (nSPS) is 29.4. The van der Waals surface area contributed by atoms with Gasteiger partial charge in [-0.15, -0.1) is 0 Å². The molecule has 2 bridgehead atoms. The summed E-state index contributed by atoms with van der Waals surface area (Å²) in [6.45, 7) is 2.20. The van der Waals surface area contributed by atoms with Gasteiger partial charge in [-0.2, -0.15) is 0 Å². The summed E-state index contributed by atoms with van der Waals surface area (Å²) in [6.07, 6.45) is 2.95. The maximum atomic E-state index is 11.3. The standard InChI is InChI=1S/C20H24N2O3/c1-24-18-7-8-19(21-11-18)20(23)9-16-13-25-14-17(10-20)22(16)12-15-5-3-2-4-6-15/h2-8,11,16-17,23H,9-10,12-14H2,1H3. The van der Waals surface area contributed by atoms with E-state index in [1.54, 1.807) is 13.3 Å². The number of hydrogen-bond acceptors (Lipinski definition) is 5. The third kappa shape index (κ3) is 3.27. The van der Waals surface area contributed by atoms with E-state index in [1.165, 1.54) is 5.56 Å². The molecule has 2 atom stereocenters. The Hall–Kier alpha value is -1.95. The Morgan fingerprint density at radius 2 is 1.88 bits per heavy atom. The Morgan fingerprint density at radius 1 is 1.16 bits per heavy atom. The summed E-state index contributed by atoms with van der Waals surface area (Å²) in [4.78, 5) is 6.93. The Bertz CT molecular complexity index is 691. The Balaban J connectivity index is 1.55. The van der Waals surface area contributed by atoms with Gasteiger partial charge in [0.1, 0.15) is 11.4 Å². The highest BCUT2D eigenvalue weighted by Crippen LogP contribution is 2.41. The first kappa shape index (κ1) is 16.5. The first-order chi connectivity index (χ1) is 12.2. The summed E-state index contributed by atoms with van der Waals surface area (Å²) in [7, 11) is 1.62. The summed E-state index contributed by atoms with van der Waals surface area (Å²) >= 11 is 0. The molecule has 0 spiro atoms. The fourth-order valence-corrected chi connectivity index (χ4v) is 4.08. The van der Waals surface area contributed by atoms with Crippen molar-refractivity contribution in [3.8, 4) is 5.75 Å². The first-order valence-corrected chi connectivity index (χ1v) is 8.78. The van der Waals surface area contributed by atoms with Crippen LogP contribution in [-0.4, -0.2) is 47.4 Å². The number of morpholine rings is 1. The van der Waals surface area contributed by atoms with E-state index in [4.69, 9.17) is 9.47 Å². The molecule has 0 aliphatic carbocycles. The van der Waals surface area contributed by atoms with Gasteiger partial charge in [0.2, 0.25) is 0 Å². The van der Waals surface area contributed by atoms with Crippen molar-refractivity contribution in [3.63, 3.8) is 0 Å². The lowest BCUT2D eigenvalue weighted by Crippen LogP contribution is -2.60. The fraction of sp³-hybridized carbons (Fsp3) is 0.450. The van der Waals surface area contributed by atoms with Crippen molar-refractivity contribution in [2.45, 2.75) is 37.1 Å². The molecule has 25 heavy (non-hydrogen) atoms. The minimum absolute atomic E-state index is 0.196. The Morgan fingerprint density at radius 3 is 2.48 bits per heavy atom. The van der Waals surface area contributed by atoms with Gasteiger partial charge in [0.05, 0.1) is 32.2 Å². The van der Waals surface area contributed by atoms with Crippen LogP contribution in [0.3, 0.4) is 0 Å². The molecule has 0 amide bonds. The minimum Gasteiger partial charge on any atom is -0.495 e. The molecule has 0 radical (unpaired) electrons. The number of aromatic nitrogens is 1. The van der Waals surface area contributed by atoms with E-state index >= 15 is 0 Å². The van der Waals surface area contributed by atoms with Crippen LogP contribution < -0.4 is 4.74 Å². The molecular weight excluding hydrogens is 316 g/mol. The van der Waals surface area contributed by atoms with Crippen molar-refractivity contribution >= 4 is 0 Å². The predicted molar refractivity (Wildman–Crippen MR) is 94.3 cm³/mol. The molecule has 3 heterocycles. The van der Waals surface area contributed by atoms with Crippen molar-refractivity contribution in [2.24, 2.45) is 0 Å². The first-order valence-electron chi connectivity index (χ1n) is 8.78. The molecule has 1 aromatic heterocycles. The second kappa shape index (κ2) is 6.75.